The number of para-hydroxylation sites is 1. The minimum absolute atomic E-state index is 0.0361. The van der Waals surface area contributed by atoms with Crippen LogP contribution >= 0.6 is 0 Å². The molecule has 3 amide bonds. The maximum Gasteiger partial charge on any atom is 0.425 e. The van der Waals surface area contributed by atoms with Crippen LogP contribution in [-0.4, -0.2) is 111 Å². The molecule has 17 nitrogen and oxygen atoms in total. The number of likely N-dealkylation sites (tertiary alicyclic amines) is 1. The van der Waals surface area contributed by atoms with Gasteiger partial charge in [0, 0.05) is 69.6 Å². The molecule has 4 aromatic rings. The van der Waals surface area contributed by atoms with Crippen LogP contribution in [-0.2, 0) is 18.9 Å². The largest absolute Gasteiger partial charge is 0.474 e. The molecule has 6 rings (SSSR count). The van der Waals surface area contributed by atoms with E-state index in [1.54, 1.807) is 59.7 Å². The average molecular weight is 831 g/mol. The summed E-state index contributed by atoms with van der Waals surface area (Å²) in [4.78, 5) is 49.5. The minimum atomic E-state index is -0.952. The van der Waals surface area contributed by atoms with E-state index in [0.717, 1.165) is 10.6 Å². The third kappa shape index (κ3) is 11.1. The van der Waals surface area contributed by atoms with Gasteiger partial charge in [0.1, 0.15) is 28.7 Å². The van der Waals surface area contributed by atoms with E-state index in [-0.39, 0.29) is 36.4 Å². The number of amides is 3. The number of ether oxygens (including phenoxy) is 6. The van der Waals surface area contributed by atoms with E-state index in [4.69, 9.17) is 33.5 Å². The minimum Gasteiger partial charge on any atom is -0.474 e. The predicted molar refractivity (Wildman–Crippen MR) is 224 cm³/mol. The quantitative estimate of drug-likeness (QED) is 0.117. The molecule has 0 atom stereocenters. The maximum atomic E-state index is 13.8. The summed E-state index contributed by atoms with van der Waals surface area (Å²) >= 11 is 0. The van der Waals surface area contributed by atoms with Gasteiger partial charge in [0.25, 0.3) is 0 Å². The number of imide groups is 1. The van der Waals surface area contributed by atoms with Crippen molar-refractivity contribution in [2.45, 2.75) is 117 Å². The van der Waals surface area contributed by atoms with Crippen molar-refractivity contribution in [3.8, 4) is 22.9 Å². The number of pyridine rings is 1. The van der Waals surface area contributed by atoms with Crippen molar-refractivity contribution in [1.29, 1.82) is 0 Å². The second-order valence-corrected chi connectivity index (χ2v) is 17.9. The number of carbonyl (C=O) groups is 3. The van der Waals surface area contributed by atoms with Crippen LogP contribution in [0, 0.1) is 0 Å². The second kappa shape index (κ2) is 17.9. The van der Waals surface area contributed by atoms with Crippen LogP contribution in [0.5, 0.6) is 11.6 Å². The summed E-state index contributed by atoms with van der Waals surface area (Å²) in [6.45, 7) is 18.3. The molecular weight excluding hydrogens is 773 g/mol. The average Bonchev–Trinajstić information content (AvgIpc) is 3.53. The number of fused-ring (bicyclic) bond motifs is 1. The van der Waals surface area contributed by atoms with Crippen molar-refractivity contribution in [1.82, 2.24) is 29.9 Å². The standard InChI is InChI=1S/C43H58N8O9/c1-41(2,3)58-38(52)49-23-18-30(19-24-49)57-35-25-29(15-20-44-35)48-21-16-28(17-22-48)51-33-26-32(31-13-11-12-14-34(31)56-27-55-10)45-46-36(33)37(47-51)50(39(53)59-42(4,5)6)40(54)60-43(7,8)9/h11-15,20,25-26,28,30H,16-19,21-24,27H2,1-10H3. The molecular formula is C43H58N8O9. The van der Waals surface area contributed by atoms with E-state index in [2.05, 4.69) is 20.1 Å². The molecule has 2 saturated heterocycles. The Hall–Kier alpha value is -5.71. The van der Waals surface area contributed by atoms with Crippen LogP contribution in [0.4, 0.5) is 25.9 Å². The number of anilines is 2. The molecule has 5 heterocycles. The molecule has 2 fully saturated rings. The van der Waals surface area contributed by atoms with Crippen molar-refractivity contribution in [2.24, 2.45) is 0 Å². The van der Waals surface area contributed by atoms with Gasteiger partial charge in [0.15, 0.2) is 18.1 Å². The molecule has 0 saturated carbocycles. The fraction of sp³-hybridized carbons (Fsp3) is 0.558. The number of hydrogen-bond donors (Lipinski definition) is 0. The summed E-state index contributed by atoms with van der Waals surface area (Å²) in [7, 11) is 1.54. The van der Waals surface area contributed by atoms with E-state index >= 15 is 0 Å². The van der Waals surface area contributed by atoms with Crippen molar-refractivity contribution < 1.29 is 42.8 Å². The first-order valence-corrected chi connectivity index (χ1v) is 20.4. The van der Waals surface area contributed by atoms with E-state index in [1.807, 2.05) is 67.9 Å². The first-order valence-electron chi connectivity index (χ1n) is 20.4. The van der Waals surface area contributed by atoms with E-state index in [9.17, 15) is 14.4 Å². The molecule has 0 N–H and O–H groups in total. The number of rotatable bonds is 9. The molecule has 0 aliphatic carbocycles. The van der Waals surface area contributed by atoms with Gasteiger partial charge in [-0.1, -0.05) is 12.1 Å². The first kappa shape index (κ1) is 43.9. The molecule has 17 heteroatoms. The molecule has 324 valence electrons. The zero-order chi connectivity index (χ0) is 43.4. The Morgan fingerprint density at radius 3 is 2.03 bits per heavy atom. The maximum absolute atomic E-state index is 13.8. The lowest BCUT2D eigenvalue weighted by Gasteiger charge is -2.34. The van der Waals surface area contributed by atoms with Crippen LogP contribution < -0.4 is 19.3 Å². The zero-order valence-corrected chi connectivity index (χ0v) is 36.4. The number of piperidine rings is 2. The fourth-order valence-electron chi connectivity index (χ4n) is 6.95. The first-order chi connectivity index (χ1) is 28.3. The summed E-state index contributed by atoms with van der Waals surface area (Å²) < 4.78 is 36.1. The van der Waals surface area contributed by atoms with Gasteiger partial charge in [-0.3, -0.25) is 4.68 Å². The van der Waals surface area contributed by atoms with E-state index in [1.165, 1.54) is 0 Å². The van der Waals surface area contributed by atoms with Gasteiger partial charge in [-0.15, -0.1) is 10.2 Å². The lowest BCUT2D eigenvalue weighted by atomic mass is 10.0. The molecule has 3 aromatic heterocycles. The number of benzene rings is 1. The summed E-state index contributed by atoms with van der Waals surface area (Å²) in [5.74, 6) is 1.02. The van der Waals surface area contributed by atoms with Gasteiger partial charge < -0.3 is 38.2 Å². The highest BCUT2D eigenvalue weighted by Gasteiger charge is 2.38. The Morgan fingerprint density at radius 1 is 0.783 bits per heavy atom. The number of aromatic nitrogens is 5. The highest BCUT2D eigenvalue weighted by molar-refractivity contribution is 6.13. The van der Waals surface area contributed by atoms with Crippen molar-refractivity contribution in [3.05, 3.63) is 48.7 Å². The number of methoxy groups -OCH3 is 1. The van der Waals surface area contributed by atoms with Gasteiger partial charge in [-0.2, -0.15) is 10.00 Å². The van der Waals surface area contributed by atoms with Crippen LogP contribution in [0.1, 0.15) is 94.0 Å². The van der Waals surface area contributed by atoms with Crippen molar-refractivity contribution in [2.75, 3.05) is 49.9 Å². The van der Waals surface area contributed by atoms with Gasteiger partial charge in [-0.25, -0.2) is 19.4 Å². The third-order valence-electron chi connectivity index (χ3n) is 9.57. The monoisotopic (exact) mass is 830 g/mol. The van der Waals surface area contributed by atoms with E-state index in [0.29, 0.717) is 80.3 Å². The molecule has 2 aliphatic rings. The number of hydrogen-bond acceptors (Lipinski definition) is 14. The fourth-order valence-corrected chi connectivity index (χ4v) is 6.95. The summed E-state index contributed by atoms with van der Waals surface area (Å²) in [6.07, 6.45) is 2.14. The van der Waals surface area contributed by atoms with Crippen LogP contribution in [0.25, 0.3) is 22.3 Å². The molecule has 2 aliphatic heterocycles. The Morgan fingerprint density at radius 2 is 1.42 bits per heavy atom. The van der Waals surface area contributed by atoms with Gasteiger partial charge in [-0.05, 0) is 99.4 Å². The van der Waals surface area contributed by atoms with Crippen LogP contribution in [0.15, 0.2) is 48.7 Å². The van der Waals surface area contributed by atoms with Crippen molar-refractivity contribution >= 4 is 40.8 Å². The summed E-state index contributed by atoms with van der Waals surface area (Å²) in [5.41, 5.74) is 0.528. The number of nitrogens with zero attached hydrogens (tertiary/aromatic N) is 8. The summed E-state index contributed by atoms with van der Waals surface area (Å²) in [5, 5.41) is 14.1. The smallest absolute Gasteiger partial charge is 0.425 e. The number of carbonyl (C=O) groups excluding carboxylic acids is 3. The van der Waals surface area contributed by atoms with Crippen LogP contribution in [0.3, 0.4) is 0 Å². The highest BCUT2D eigenvalue weighted by Crippen LogP contribution is 2.37. The second-order valence-electron chi connectivity index (χ2n) is 17.9. The highest BCUT2D eigenvalue weighted by atomic mass is 16.7. The third-order valence-corrected chi connectivity index (χ3v) is 9.57. The zero-order valence-electron chi connectivity index (χ0n) is 36.4. The predicted octanol–water partition coefficient (Wildman–Crippen LogP) is 8.17. The van der Waals surface area contributed by atoms with Crippen LogP contribution in [0.2, 0.25) is 0 Å². The molecule has 0 radical (unpaired) electrons. The normalized spacial score (nSPS) is 15.8. The lowest BCUT2D eigenvalue weighted by Crippen LogP contribution is -2.44. The van der Waals surface area contributed by atoms with Gasteiger partial charge in [0.2, 0.25) is 5.88 Å². The van der Waals surface area contributed by atoms with Gasteiger partial charge >= 0.3 is 18.3 Å². The SMILES string of the molecule is COCOc1ccccc1-c1cc2c(nn1)c(N(C(=O)OC(C)(C)C)C(=O)OC(C)(C)C)nn2C1CCN(c2ccnc(OC3CCN(C(=O)OC(C)(C)C)CC3)c2)CC1. The Labute approximate surface area is 351 Å². The molecule has 1 aromatic carbocycles. The Kier molecular flexibility index (Phi) is 13.1. The van der Waals surface area contributed by atoms with Gasteiger partial charge in [0.05, 0.1) is 17.3 Å². The lowest BCUT2D eigenvalue weighted by molar-refractivity contribution is 0.0122. The van der Waals surface area contributed by atoms with E-state index < -0.39 is 29.0 Å². The van der Waals surface area contributed by atoms with Crippen molar-refractivity contribution in [3.63, 3.8) is 0 Å². The molecule has 0 unspecified atom stereocenters. The molecule has 60 heavy (non-hydrogen) atoms. The Balaban J connectivity index is 1.26. The summed E-state index contributed by atoms with van der Waals surface area (Å²) in [6, 6.07) is 13.0. The Bertz CT molecular complexity index is 2110. The molecule has 0 bridgehead atoms. The molecule has 0 spiro atoms. The topological polar surface area (TPSA) is 173 Å².